The van der Waals surface area contributed by atoms with Gasteiger partial charge in [0.1, 0.15) is 27.5 Å². The van der Waals surface area contributed by atoms with Crippen molar-refractivity contribution in [2.24, 2.45) is 10.7 Å². The summed E-state index contributed by atoms with van der Waals surface area (Å²) in [4.78, 5) is 28.0. The minimum atomic E-state index is -4.06. The highest BCUT2D eigenvalue weighted by atomic mass is 32.2. The quantitative estimate of drug-likeness (QED) is 0.428. The predicted molar refractivity (Wildman–Crippen MR) is 146 cm³/mol. The van der Waals surface area contributed by atoms with Gasteiger partial charge >= 0.3 is 0 Å². The van der Waals surface area contributed by atoms with E-state index in [0.29, 0.717) is 24.4 Å². The fourth-order valence-corrected chi connectivity index (χ4v) is 8.20. The van der Waals surface area contributed by atoms with Crippen LogP contribution in [0.1, 0.15) is 40.7 Å². The number of ketones is 1. The number of guanidine groups is 1. The fraction of sp³-hybridized carbons (Fsp3) is 0.385. The van der Waals surface area contributed by atoms with Crippen LogP contribution in [0.3, 0.4) is 0 Å². The summed E-state index contributed by atoms with van der Waals surface area (Å²) in [6.07, 6.45) is 1.61. The molecule has 0 saturated carbocycles. The Kier molecular flexibility index (Phi) is 6.93. The van der Waals surface area contributed by atoms with Gasteiger partial charge in [-0.1, -0.05) is 6.07 Å². The molecule has 5 rings (SSSR count). The number of hydrogen-bond acceptors (Lipinski definition) is 10. The van der Waals surface area contributed by atoms with Crippen molar-refractivity contribution in [3.05, 3.63) is 75.8 Å². The number of methoxy groups -OCH3 is 1. The lowest BCUT2D eigenvalue weighted by atomic mass is 9.77. The van der Waals surface area contributed by atoms with Gasteiger partial charge in [-0.25, -0.2) is 32.1 Å². The SMILES string of the molecule is COc1ccc(C(=O)Cc2ccc(F)c([C@@]3(C)N=C(N)N(C)S(=O)(=O)[C@]34CCN(Cc3cscn3)C4)c2)nc1. The van der Waals surface area contributed by atoms with Crippen LogP contribution >= 0.6 is 11.3 Å². The van der Waals surface area contributed by atoms with Crippen LogP contribution in [-0.4, -0.2) is 71.3 Å². The van der Waals surface area contributed by atoms with Gasteiger partial charge in [-0.3, -0.25) is 9.69 Å². The molecule has 206 valence electrons. The average Bonchev–Trinajstić information content (AvgIpc) is 3.60. The third-order valence-corrected chi connectivity index (χ3v) is 11.0. The van der Waals surface area contributed by atoms with Crippen LogP contribution in [0.15, 0.2) is 52.4 Å². The van der Waals surface area contributed by atoms with Gasteiger partial charge in [-0.2, -0.15) is 0 Å². The van der Waals surface area contributed by atoms with Gasteiger partial charge in [0.15, 0.2) is 5.78 Å². The van der Waals surface area contributed by atoms with Crippen molar-refractivity contribution in [2.75, 3.05) is 27.2 Å². The van der Waals surface area contributed by atoms with Crippen molar-refractivity contribution in [1.29, 1.82) is 0 Å². The minimum Gasteiger partial charge on any atom is -0.495 e. The topological polar surface area (TPSA) is 131 Å². The van der Waals surface area contributed by atoms with Gasteiger partial charge in [-0.05, 0) is 43.2 Å². The number of carbonyl (C=O) groups is 1. The fourth-order valence-electron chi connectivity index (χ4n) is 5.49. The molecule has 2 atom stereocenters. The number of carbonyl (C=O) groups excluding carboxylic acids is 1. The number of nitrogens with zero attached hydrogens (tertiary/aromatic N) is 5. The van der Waals surface area contributed by atoms with Crippen molar-refractivity contribution >= 4 is 33.1 Å². The zero-order valence-electron chi connectivity index (χ0n) is 21.8. The molecule has 1 spiro atoms. The maximum Gasteiger partial charge on any atom is 0.247 e. The minimum absolute atomic E-state index is 0.0580. The first-order valence-corrected chi connectivity index (χ1v) is 14.6. The molecule has 0 bridgehead atoms. The lowest BCUT2D eigenvalue weighted by Crippen LogP contribution is -2.66. The molecule has 2 aliphatic rings. The summed E-state index contributed by atoms with van der Waals surface area (Å²) in [7, 11) is -1.18. The van der Waals surface area contributed by atoms with Gasteiger partial charge < -0.3 is 10.5 Å². The molecule has 1 saturated heterocycles. The smallest absolute Gasteiger partial charge is 0.247 e. The van der Waals surface area contributed by atoms with Crippen molar-refractivity contribution in [1.82, 2.24) is 19.2 Å². The van der Waals surface area contributed by atoms with Crippen molar-refractivity contribution < 1.29 is 22.3 Å². The first-order valence-electron chi connectivity index (χ1n) is 12.3. The average molecular weight is 573 g/mol. The molecule has 39 heavy (non-hydrogen) atoms. The summed E-state index contributed by atoms with van der Waals surface area (Å²) in [6, 6.07) is 7.48. The maximum absolute atomic E-state index is 15.6. The molecule has 0 aliphatic carbocycles. The Bertz CT molecular complexity index is 1530. The zero-order valence-corrected chi connectivity index (χ0v) is 23.4. The maximum atomic E-state index is 15.6. The Morgan fingerprint density at radius 2 is 2.05 bits per heavy atom. The standard InChI is InChI=1S/C26H29FN6O4S2/c1-25(20-10-17(4-6-21(20)27)11-23(34)22-7-5-19(37-3)12-29-22)26(39(35,36)32(2)24(28)31-25)8-9-33(15-26)13-18-14-38-16-30-18/h4-7,10,12,14,16H,8-9,11,13,15H2,1-3H3,(H2,28,31)/t25-,26+/m1/s1. The predicted octanol–water partition coefficient (Wildman–Crippen LogP) is 2.56. The van der Waals surface area contributed by atoms with E-state index in [1.165, 1.54) is 49.9 Å². The number of aromatic nitrogens is 2. The second kappa shape index (κ2) is 9.96. The van der Waals surface area contributed by atoms with Crippen LogP contribution in [-0.2, 0) is 28.5 Å². The molecule has 2 aliphatic heterocycles. The summed E-state index contributed by atoms with van der Waals surface area (Å²) in [5, 5.41) is 1.92. The molecule has 0 amide bonds. The summed E-state index contributed by atoms with van der Waals surface area (Å²) in [6.45, 7) is 2.65. The number of rotatable bonds is 7. The number of thiazole rings is 1. The second-order valence-corrected chi connectivity index (χ2v) is 12.9. The number of ether oxygens (including phenoxy) is 1. The Morgan fingerprint density at radius 1 is 1.26 bits per heavy atom. The zero-order chi connectivity index (χ0) is 28.0. The summed E-state index contributed by atoms with van der Waals surface area (Å²) >= 11 is 1.47. The first kappa shape index (κ1) is 27.2. The summed E-state index contributed by atoms with van der Waals surface area (Å²) < 4.78 is 48.2. The first-order chi connectivity index (χ1) is 18.5. The van der Waals surface area contributed by atoms with E-state index in [0.717, 1.165) is 10.00 Å². The molecule has 13 heteroatoms. The Hall–Kier alpha value is -3.42. The van der Waals surface area contributed by atoms with Gasteiger partial charge in [0.2, 0.25) is 16.0 Å². The number of nitrogens with two attached hydrogens (primary N) is 1. The molecule has 2 aromatic heterocycles. The van der Waals surface area contributed by atoms with Gasteiger partial charge in [0.25, 0.3) is 0 Å². The molecule has 2 N–H and O–H groups in total. The Labute approximate surface area is 230 Å². The number of halogens is 1. The van der Waals surface area contributed by atoms with Crippen LogP contribution in [0.5, 0.6) is 5.75 Å². The van der Waals surface area contributed by atoms with Gasteiger partial charge in [0.05, 0.1) is 24.5 Å². The Balaban J connectivity index is 1.54. The number of hydrogen-bond donors (Lipinski definition) is 1. The van der Waals surface area contributed by atoms with Crippen LogP contribution in [0.2, 0.25) is 0 Å². The van der Waals surface area contributed by atoms with E-state index in [1.807, 2.05) is 10.3 Å². The van der Waals surface area contributed by atoms with Crippen LogP contribution in [0.25, 0.3) is 0 Å². The second-order valence-electron chi connectivity index (χ2n) is 9.95. The number of benzene rings is 1. The number of Topliss-reactive ketones (excluding diaryl/α,β-unsaturated/α-hetero) is 1. The number of sulfonamides is 1. The van der Waals surface area contributed by atoms with Gasteiger partial charge in [-0.15, -0.1) is 11.3 Å². The highest BCUT2D eigenvalue weighted by Gasteiger charge is 2.66. The monoisotopic (exact) mass is 572 g/mol. The Morgan fingerprint density at radius 3 is 2.72 bits per heavy atom. The van der Waals surface area contributed by atoms with E-state index in [4.69, 9.17) is 10.5 Å². The number of likely N-dealkylation sites (tertiary alicyclic amines) is 1. The van der Waals surface area contributed by atoms with E-state index in [1.54, 1.807) is 24.6 Å². The van der Waals surface area contributed by atoms with E-state index < -0.39 is 26.1 Å². The highest BCUT2D eigenvalue weighted by molar-refractivity contribution is 7.91. The molecule has 3 aromatic rings. The van der Waals surface area contributed by atoms with Crippen molar-refractivity contribution in [3.8, 4) is 5.75 Å². The molecule has 1 fully saturated rings. The number of pyridine rings is 1. The third-order valence-electron chi connectivity index (χ3n) is 7.76. The highest BCUT2D eigenvalue weighted by Crippen LogP contribution is 2.51. The van der Waals surface area contributed by atoms with Crippen LogP contribution in [0, 0.1) is 5.82 Å². The molecular formula is C26H29FN6O4S2. The molecule has 0 radical (unpaired) electrons. The van der Waals surface area contributed by atoms with Gasteiger partial charge in [0, 0.05) is 44.0 Å². The van der Waals surface area contributed by atoms with E-state index in [-0.39, 0.29) is 42.4 Å². The molecule has 4 heterocycles. The third kappa shape index (κ3) is 4.47. The van der Waals surface area contributed by atoms with E-state index >= 15 is 4.39 Å². The lowest BCUT2D eigenvalue weighted by molar-refractivity contribution is 0.0988. The molecule has 0 unspecified atom stereocenters. The molecule has 1 aromatic carbocycles. The number of aliphatic imine (C=N–C) groups is 1. The normalized spacial score (nSPS) is 24.6. The largest absolute Gasteiger partial charge is 0.495 e. The van der Waals surface area contributed by atoms with Crippen LogP contribution < -0.4 is 10.5 Å². The van der Waals surface area contributed by atoms with E-state index in [2.05, 4.69) is 15.0 Å². The van der Waals surface area contributed by atoms with Crippen LogP contribution in [0.4, 0.5) is 4.39 Å². The van der Waals surface area contributed by atoms with E-state index in [9.17, 15) is 13.2 Å². The van der Waals surface area contributed by atoms with Crippen molar-refractivity contribution in [2.45, 2.75) is 36.6 Å². The summed E-state index contributed by atoms with van der Waals surface area (Å²) in [5.74, 6) is -0.591. The molecule has 10 nitrogen and oxygen atoms in total. The summed E-state index contributed by atoms with van der Waals surface area (Å²) in [5.41, 5.74) is 7.94. The van der Waals surface area contributed by atoms with Crippen molar-refractivity contribution in [3.63, 3.8) is 0 Å². The lowest BCUT2D eigenvalue weighted by Gasteiger charge is -2.48. The molecular weight excluding hydrogens is 543 g/mol.